The van der Waals surface area contributed by atoms with Crippen molar-refractivity contribution >= 4 is 5.91 Å². The lowest BCUT2D eigenvalue weighted by molar-refractivity contribution is 0.0934. The fourth-order valence-electron chi connectivity index (χ4n) is 3.35. The summed E-state index contributed by atoms with van der Waals surface area (Å²) in [6.45, 7) is 2.99. The molecular formula is C23H22F2N2O3. The van der Waals surface area contributed by atoms with E-state index in [-0.39, 0.29) is 17.3 Å². The van der Waals surface area contributed by atoms with Gasteiger partial charge in [0.05, 0.1) is 6.04 Å². The Kier molecular flexibility index (Phi) is 5.53. The Bertz CT molecular complexity index is 1050. The number of nitrogens with one attached hydrogen (secondary N) is 1. The molecule has 1 aliphatic carbocycles. The number of nitrogens with zero attached hydrogens (tertiary/aromatic N) is 1. The first-order valence-electron chi connectivity index (χ1n) is 9.90. The van der Waals surface area contributed by atoms with E-state index in [0.717, 1.165) is 0 Å². The molecule has 0 saturated heterocycles. The number of carbonyl (C=O) groups excluding carboxylic acids is 1. The second kappa shape index (κ2) is 8.26. The Hall–Kier alpha value is -3.22. The number of hydrogen-bond donors (Lipinski definition) is 1. The van der Waals surface area contributed by atoms with Gasteiger partial charge in [-0.3, -0.25) is 4.79 Å². The predicted molar refractivity (Wildman–Crippen MR) is 107 cm³/mol. The largest absolute Gasteiger partial charge is 0.416 e. The van der Waals surface area contributed by atoms with Gasteiger partial charge in [-0.25, -0.2) is 8.78 Å². The molecule has 0 unspecified atom stereocenters. The molecule has 1 saturated carbocycles. The van der Waals surface area contributed by atoms with Gasteiger partial charge in [0.25, 0.3) is 5.91 Å². The average molecular weight is 412 g/mol. The number of amides is 1. The van der Waals surface area contributed by atoms with Crippen LogP contribution in [0.3, 0.4) is 0 Å². The highest BCUT2D eigenvalue weighted by Crippen LogP contribution is 2.37. The Balaban J connectivity index is 1.41. The van der Waals surface area contributed by atoms with Gasteiger partial charge < -0.3 is 14.5 Å². The highest BCUT2D eigenvalue weighted by molar-refractivity contribution is 5.92. The number of rotatable bonds is 6. The molecule has 0 radical (unpaired) electrons. The SMILES string of the molecule is Cc1c(F)cc([C@@H](C)NC(=O)c2coc(Oc3cccc(C4CCC4)c3)n2)cc1F. The van der Waals surface area contributed by atoms with Crippen molar-refractivity contribution in [2.75, 3.05) is 0 Å². The van der Waals surface area contributed by atoms with E-state index in [4.69, 9.17) is 9.15 Å². The second-order valence-corrected chi connectivity index (χ2v) is 7.61. The molecule has 0 bridgehead atoms. The van der Waals surface area contributed by atoms with Crippen LogP contribution in [0.5, 0.6) is 11.8 Å². The normalized spacial score (nSPS) is 14.8. The van der Waals surface area contributed by atoms with Gasteiger partial charge in [0.15, 0.2) is 5.69 Å². The third-order valence-corrected chi connectivity index (χ3v) is 5.51. The van der Waals surface area contributed by atoms with Gasteiger partial charge >= 0.3 is 6.08 Å². The number of carbonyl (C=O) groups is 1. The van der Waals surface area contributed by atoms with E-state index in [9.17, 15) is 13.6 Å². The number of hydrogen-bond acceptors (Lipinski definition) is 4. The van der Waals surface area contributed by atoms with E-state index in [1.54, 1.807) is 13.0 Å². The van der Waals surface area contributed by atoms with E-state index in [2.05, 4.69) is 16.4 Å². The van der Waals surface area contributed by atoms with Gasteiger partial charge in [-0.15, -0.1) is 0 Å². The zero-order valence-corrected chi connectivity index (χ0v) is 16.7. The molecule has 4 rings (SSSR count). The highest BCUT2D eigenvalue weighted by Gasteiger charge is 2.21. The first-order valence-corrected chi connectivity index (χ1v) is 9.90. The van der Waals surface area contributed by atoms with Crippen molar-refractivity contribution < 1.29 is 22.7 Å². The summed E-state index contributed by atoms with van der Waals surface area (Å²) in [5, 5.41) is 2.65. The molecule has 1 aromatic heterocycles. The number of oxazole rings is 1. The second-order valence-electron chi connectivity index (χ2n) is 7.61. The van der Waals surface area contributed by atoms with Crippen LogP contribution < -0.4 is 10.1 Å². The van der Waals surface area contributed by atoms with E-state index in [0.29, 0.717) is 17.2 Å². The summed E-state index contributed by atoms with van der Waals surface area (Å²) in [5.41, 5.74) is 1.49. The summed E-state index contributed by atoms with van der Waals surface area (Å²) in [6, 6.07) is 9.53. The van der Waals surface area contributed by atoms with Gasteiger partial charge in [-0.05, 0) is 68.0 Å². The molecular weight excluding hydrogens is 390 g/mol. The molecule has 1 amide bonds. The summed E-state index contributed by atoms with van der Waals surface area (Å²) in [5.74, 6) is -0.699. The maximum atomic E-state index is 13.8. The number of benzene rings is 2. The molecule has 7 heteroatoms. The number of halogens is 2. The molecule has 30 heavy (non-hydrogen) atoms. The van der Waals surface area contributed by atoms with Crippen molar-refractivity contribution in [1.29, 1.82) is 0 Å². The van der Waals surface area contributed by atoms with Gasteiger partial charge in [0, 0.05) is 5.56 Å². The molecule has 1 heterocycles. The first-order chi connectivity index (χ1) is 14.4. The van der Waals surface area contributed by atoms with Crippen LogP contribution in [-0.4, -0.2) is 10.9 Å². The van der Waals surface area contributed by atoms with Crippen LogP contribution >= 0.6 is 0 Å². The fourth-order valence-corrected chi connectivity index (χ4v) is 3.35. The Morgan fingerprint density at radius 3 is 2.63 bits per heavy atom. The van der Waals surface area contributed by atoms with Crippen molar-refractivity contribution in [3.63, 3.8) is 0 Å². The van der Waals surface area contributed by atoms with Gasteiger partial charge in [-0.2, -0.15) is 4.98 Å². The molecule has 1 N–H and O–H groups in total. The minimum absolute atomic E-state index is 0.0139. The maximum absolute atomic E-state index is 13.8. The van der Waals surface area contributed by atoms with Crippen LogP contribution in [0.2, 0.25) is 0 Å². The summed E-state index contributed by atoms with van der Waals surface area (Å²) < 4.78 is 38.5. The van der Waals surface area contributed by atoms with Crippen LogP contribution in [0.15, 0.2) is 47.1 Å². The molecule has 0 spiro atoms. The zero-order chi connectivity index (χ0) is 21.3. The zero-order valence-electron chi connectivity index (χ0n) is 16.7. The maximum Gasteiger partial charge on any atom is 0.399 e. The molecule has 2 aromatic carbocycles. The van der Waals surface area contributed by atoms with Crippen LogP contribution in [0.1, 0.15) is 65.3 Å². The predicted octanol–water partition coefficient (Wildman–Crippen LogP) is 5.81. The summed E-state index contributed by atoms with van der Waals surface area (Å²) in [7, 11) is 0. The van der Waals surface area contributed by atoms with Crippen LogP contribution in [-0.2, 0) is 0 Å². The molecule has 1 aliphatic rings. The van der Waals surface area contributed by atoms with Crippen molar-refractivity contribution in [2.45, 2.75) is 45.1 Å². The topological polar surface area (TPSA) is 64.4 Å². The van der Waals surface area contributed by atoms with Crippen molar-refractivity contribution in [3.8, 4) is 11.8 Å². The Morgan fingerprint density at radius 1 is 1.23 bits per heavy atom. The van der Waals surface area contributed by atoms with Crippen molar-refractivity contribution in [2.24, 2.45) is 0 Å². The molecule has 1 fully saturated rings. The number of aromatic nitrogens is 1. The lowest BCUT2D eigenvalue weighted by Crippen LogP contribution is -2.27. The smallest absolute Gasteiger partial charge is 0.399 e. The van der Waals surface area contributed by atoms with Crippen LogP contribution in [0, 0.1) is 18.6 Å². The summed E-state index contributed by atoms with van der Waals surface area (Å²) in [4.78, 5) is 16.5. The highest BCUT2D eigenvalue weighted by atomic mass is 19.1. The fraction of sp³-hybridized carbons (Fsp3) is 0.304. The third kappa shape index (κ3) is 4.20. The standard InChI is InChI=1S/C23H22F2N2O3/c1-13-19(24)10-17(11-20(13)25)14(2)26-22(28)21-12-29-23(27-21)30-18-8-4-7-16(9-18)15-5-3-6-15/h4,7-12,14-15H,3,5-6H2,1-2H3,(H,26,28)/t14-/m1/s1. The van der Waals surface area contributed by atoms with Gasteiger partial charge in [0.2, 0.25) is 0 Å². The molecule has 3 aromatic rings. The van der Waals surface area contributed by atoms with Gasteiger partial charge in [0.1, 0.15) is 23.6 Å². The van der Waals surface area contributed by atoms with E-state index >= 15 is 0 Å². The minimum Gasteiger partial charge on any atom is -0.416 e. The van der Waals surface area contributed by atoms with Crippen LogP contribution in [0.4, 0.5) is 8.78 Å². The third-order valence-electron chi connectivity index (χ3n) is 5.51. The summed E-state index contributed by atoms with van der Waals surface area (Å²) >= 11 is 0. The average Bonchev–Trinajstić information content (AvgIpc) is 3.13. The molecule has 1 atom stereocenters. The quantitative estimate of drug-likeness (QED) is 0.555. The molecule has 5 nitrogen and oxygen atoms in total. The molecule has 156 valence electrons. The summed E-state index contributed by atoms with van der Waals surface area (Å²) in [6.07, 6.45) is 4.74. The monoisotopic (exact) mass is 412 g/mol. The first kappa shape index (κ1) is 20.1. The van der Waals surface area contributed by atoms with Crippen molar-refractivity contribution in [1.82, 2.24) is 10.3 Å². The molecule has 0 aliphatic heterocycles. The Labute approximate surface area is 173 Å². The van der Waals surface area contributed by atoms with E-state index in [1.807, 2.05) is 12.1 Å². The lowest BCUT2D eigenvalue weighted by Gasteiger charge is -2.25. The van der Waals surface area contributed by atoms with Crippen LogP contribution in [0.25, 0.3) is 0 Å². The van der Waals surface area contributed by atoms with E-state index < -0.39 is 23.6 Å². The van der Waals surface area contributed by atoms with Gasteiger partial charge in [-0.1, -0.05) is 18.6 Å². The lowest BCUT2D eigenvalue weighted by atomic mass is 9.80. The van der Waals surface area contributed by atoms with Crippen molar-refractivity contribution in [3.05, 3.63) is 76.7 Å². The minimum atomic E-state index is -0.660. The van der Waals surface area contributed by atoms with E-state index in [1.165, 1.54) is 50.1 Å². The Morgan fingerprint density at radius 2 is 1.97 bits per heavy atom. The number of ether oxygens (including phenoxy) is 1.